The topological polar surface area (TPSA) is 17.1 Å². The minimum Gasteiger partial charge on any atom is -0.289 e. The van der Waals surface area contributed by atoms with Gasteiger partial charge in [0.25, 0.3) is 0 Å². The Morgan fingerprint density at radius 3 is 2.53 bits per heavy atom. The van der Waals surface area contributed by atoms with Crippen molar-refractivity contribution < 1.29 is 0 Å². The standard InChI is InChI=1S/C17H20OS/c1-16(2)9-12-14(18)11-7-5-6-8-13(11)19-15(12)17(3,4)10-16/h5-8H,9-10H2,1-4H3. The molecule has 19 heavy (non-hydrogen) atoms. The van der Waals surface area contributed by atoms with Crippen molar-refractivity contribution >= 4 is 21.4 Å². The van der Waals surface area contributed by atoms with E-state index in [4.69, 9.17) is 0 Å². The summed E-state index contributed by atoms with van der Waals surface area (Å²) in [4.78, 5) is 14.1. The summed E-state index contributed by atoms with van der Waals surface area (Å²) in [6.45, 7) is 9.10. The Labute approximate surface area is 118 Å². The zero-order valence-electron chi connectivity index (χ0n) is 12.0. The normalized spacial score (nSPS) is 20.2. The molecule has 1 nitrogen and oxygen atoms in total. The molecule has 0 fully saturated rings. The largest absolute Gasteiger partial charge is 0.289 e. The Balaban J connectivity index is 2.39. The predicted molar refractivity (Wildman–Crippen MR) is 83.2 cm³/mol. The van der Waals surface area contributed by atoms with Crippen LogP contribution >= 0.6 is 11.3 Å². The first-order chi connectivity index (χ1) is 8.80. The van der Waals surface area contributed by atoms with Gasteiger partial charge in [0, 0.05) is 25.9 Å². The highest BCUT2D eigenvalue weighted by Gasteiger charge is 2.39. The summed E-state index contributed by atoms with van der Waals surface area (Å²) in [7, 11) is 0. The van der Waals surface area contributed by atoms with Gasteiger partial charge >= 0.3 is 0 Å². The Hall–Kier alpha value is -1.15. The number of rotatable bonds is 0. The molecule has 1 aromatic carbocycles. The van der Waals surface area contributed by atoms with Crippen molar-refractivity contribution in [1.29, 1.82) is 0 Å². The van der Waals surface area contributed by atoms with Gasteiger partial charge in [-0.15, -0.1) is 11.3 Å². The van der Waals surface area contributed by atoms with Gasteiger partial charge in [0.15, 0.2) is 5.43 Å². The number of hydrogen-bond acceptors (Lipinski definition) is 2. The summed E-state index contributed by atoms with van der Waals surface area (Å²) in [5, 5.41) is 0.889. The van der Waals surface area contributed by atoms with E-state index in [9.17, 15) is 4.79 Å². The summed E-state index contributed by atoms with van der Waals surface area (Å²) in [6.07, 6.45) is 2.05. The number of benzene rings is 1. The van der Waals surface area contributed by atoms with Gasteiger partial charge in [-0.2, -0.15) is 0 Å². The molecule has 2 heteroatoms. The van der Waals surface area contributed by atoms with E-state index in [1.165, 1.54) is 4.88 Å². The molecule has 0 amide bonds. The molecule has 1 aliphatic carbocycles. The van der Waals surface area contributed by atoms with Crippen molar-refractivity contribution in [3.8, 4) is 0 Å². The fourth-order valence-corrected chi connectivity index (χ4v) is 4.98. The van der Waals surface area contributed by atoms with E-state index in [2.05, 4.69) is 33.8 Å². The first-order valence-corrected chi connectivity index (χ1v) is 7.67. The first kappa shape index (κ1) is 12.9. The SMILES string of the molecule is CC1(C)Cc2c(sc3ccccc3c2=O)C(C)(C)C1. The maximum absolute atomic E-state index is 12.8. The number of hydrogen-bond donors (Lipinski definition) is 0. The van der Waals surface area contributed by atoms with Gasteiger partial charge in [-0.05, 0) is 30.4 Å². The van der Waals surface area contributed by atoms with Crippen molar-refractivity contribution in [1.82, 2.24) is 0 Å². The van der Waals surface area contributed by atoms with Crippen LogP contribution in [0.15, 0.2) is 29.1 Å². The van der Waals surface area contributed by atoms with Crippen molar-refractivity contribution in [3.05, 3.63) is 44.9 Å². The fourth-order valence-electron chi connectivity index (χ4n) is 3.71. The van der Waals surface area contributed by atoms with Crippen molar-refractivity contribution in [2.45, 2.75) is 46.0 Å². The Morgan fingerprint density at radius 2 is 1.79 bits per heavy atom. The van der Waals surface area contributed by atoms with Crippen LogP contribution in [0.4, 0.5) is 0 Å². The van der Waals surface area contributed by atoms with Crippen molar-refractivity contribution in [3.63, 3.8) is 0 Å². The van der Waals surface area contributed by atoms with E-state index >= 15 is 0 Å². The van der Waals surface area contributed by atoms with Crippen molar-refractivity contribution in [2.24, 2.45) is 5.41 Å². The maximum atomic E-state index is 12.8. The van der Waals surface area contributed by atoms with Crippen LogP contribution in [-0.2, 0) is 11.8 Å². The first-order valence-electron chi connectivity index (χ1n) is 6.85. The minimum absolute atomic E-state index is 0.102. The highest BCUT2D eigenvalue weighted by Crippen LogP contribution is 2.47. The average Bonchev–Trinajstić information content (AvgIpc) is 2.29. The van der Waals surface area contributed by atoms with E-state index in [0.29, 0.717) is 0 Å². The third-order valence-corrected chi connectivity index (χ3v) is 5.66. The molecule has 1 aliphatic rings. The lowest BCUT2D eigenvalue weighted by molar-refractivity contribution is 0.234. The predicted octanol–water partition coefficient (Wildman–Crippen LogP) is 4.51. The van der Waals surface area contributed by atoms with Gasteiger partial charge in [0.1, 0.15) is 0 Å². The second-order valence-corrected chi connectivity index (χ2v) is 8.19. The molecular formula is C17H20OS. The van der Waals surface area contributed by atoms with Gasteiger partial charge in [0.2, 0.25) is 0 Å². The quantitative estimate of drug-likeness (QED) is 0.689. The number of fused-ring (bicyclic) bond motifs is 2. The Bertz CT molecular complexity index is 707. The van der Waals surface area contributed by atoms with E-state index in [-0.39, 0.29) is 16.3 Å². The molecule has 0 bridgehead atoms. The molecule has 2 aromatic rings. The van der Waals surface area contributed by atoms with Crippen LogP contribution in [0.5, 0.6) is 0 Å². The Morgan fingerprint density at radius 1 is 1.11 bits per heavy atom. The second-order valence-electron chi connectivity index (χ2n) is 7.14. The monoisotopic (exact) mass is 272 g/mol. The molecule has 0 saturated carbocycles. The van der Waals surface area contributed by atoms with E-state index in [1.807, 2.05) is 29.5 Å². The smallest absolute Gasteiger partial charge is 0.191 e. The van der Waals surface area contributed by atoms with Crippen molar-refractivity contribution in [2.75, 3.05) is 0 Å². The molecule has 1 heterocycles. The minimum atomic E-state index is 0.102. The molecule has 1 aromatic heterocycles. The lowest BCUT2D eigenvalue weighted by atomic mass is 9.66. The summed E-state index contributed by atoms with van der Waals surface area (Å²) in [5.74, 6) is 0. The fraction of sp³-hybridized carbons (Fsp3) is 0.471. The highest BCUT2D eigenvalue weighted by atomic mass is 32.1. The van der Waals surface area contributed by atoms with Crippen LogP contribution < -0.4 is 5.43 Å². The average molecular weight is 272 g/mol. The summed E-state index contributed by atoms with van der Waals surface area (Å²) in [5.41, 5.74) is 1.63. The summed E-state index contributed by atoms with van der Waals surface area (Å²) < 4.78 is 1.12. The lowest BCUT2D eigenvalue weighted by Crippen LogP contribution is -2.37. The van der Waals surface area contributed by atoms with Crippen LogP contribution in [0.1, 0.15) is 44.6 Å². The Kier molecular flexibility index (Phi) is 2.66. The molecule has 0 atom stereocenters. The van der Waals surface area contributed by atoms with Crippen LogP contribution in [0.2, 0.25) is 0 Å². The molecule has 100 valence electrons. The van der Waals surface area contributed by atoms with E-state index in [1.54, 1.807) is 0 Å². The van der Waals surface area contributed by atoms with E-state index in [0.717, 1.165) is 28.5 Å². The third kappa shape index (κ3) is 2.02. The van der Waals surface area contributed by atoms with Crippen LogP contribution in [-0.4, -0.2) is 0 Å². The van der Waals surface area contributed by atoms with Gasteiger partial charge in [-0.1, -0.05) is 39.8 Å². The van der Waals surface area contributed by atoms with E-state index < -0.39 is 0 Å². The molecular weight excluding hydrogens is 252 g/mol. The summed E-state index contributed by atoms with van der Waals surface area (Å²) >= 11 is 1.81. The maximum Gasteiger partial charge on any atom is 0.191 e. The second kappa shape index (κ2) is 3.92. The van der Waals surface area contributed by atoms with Crippen LogP contribution in [0.3, 0.4) is 0 Å². The van der Waals surface area contributed by atoms with Gasteiger partial charge in [-0.25, -0.2) is 0 Å². The molecule has 0 spiro atoms. The molecule has 0 saturated heterocycles. The molecule has 0 aliphatic heterocycles. The molecule has 0 N–H and O–H groups in total. The lowest BCUT2D eigenvalue weighted by Gasteiger charge is -2.41. The molecule has 0 unspecified atom stereocenters. The zero-order chi connectivity index (χ0) is 13.8. The van der Waals surface area contributed by atoms with Gasteiger partial charge in [-0.3, -0.25) is 4.79 Å². The van der Waals surface area contributed by atoms with Gasteiger partial charge < -0.3 is 0 Å². The van der Waals surface area contributed by atoms with Crippen LogP contribution in [0.25, 0.3) is 10.1 Å². The molecule has 3 rings (SSSR count). The van der Waals surface area contributed by atoms with Gasteiger partial charge in [0.05, 0.1) is 0 Å². The zero-order valence-corrected chi connectivity index (χ0v) is 12.9. The molecule has 0 radical (unpaired) electrons. The van der Waals surface area contributed by atoms with Crippen LogP contribution in [0, 0.1) is 5.41 Å². The summed E-state index contributed by atoms with van der Waals surface area (Å²) in [6, 6.07) is 8.01. The highest BCUT2D eigenvalue weighted by molar-refractivity contribution is 7.18. The third-order valence-electron chi connectivity index (χ3n) is 4.08.